The second kappa shape index (κ2) is 11.6. The Morgan fingerprint density at radius 2 is 1.87 bits per heavy atom. The van der Waals surface area contributed by atoms with Crippen molar-refractivity contribution >= 4 is 39.2 Å². The van der Waals surface area contributed by atoms with Crippen LogP contribution in [0.3, 0.4) is 0 Å². The van der Waals surface area contributed by atoms with Gasteiger partial charge in [-0.15, -0.1) is 0 Å². The second-order valence-electron chi connectivity index (χ2n) is 10.1. The lowest BCUT2D eigenvalue weighted by Gasteiger charge is -2.20. The van der Waals surface area contributed by atoms with Crippen LogP contribution in [0.2, 0.25) is 0 Å². The van der Waals surface area contributed by atoms with E-state index in [9.17, 15) is 0 Å². The van der Waals surface area contributed by atoms with Gasteiger partial charge in [0.15, 0.2) is 0 Å². The van der Waals surface area contributed by atoms with Gasteiger partial charge in [0.05, 0.1) is 18.5 Å². The molecule has 0 aliphatic carbocycles. The second-order valence-corrected chi connectivity index (χ2v) is 10.1. The number of nitrogen functional groups attached to an aromatic ring is 1. The van der Waals surface area contributed by atoms with Gasteiger partial charge in [0.1, 0.15) is 5.75 Å². The summed E-state index contributed by atoms with van der Waals surface area (Å²) in [6.45, 7) is 20.7. The van der Waals surface area contributed by atoms with E-state index in [-0.39, 0.29) is 0 Å². The molecule has 0 radical (unpaired) electrons. The van der Waals surface area contributed by atoms with Crippen LogP contribution >= 0.6 is 0 Å². The third-order valence-corrected chi connectivity index (χ3v) is 7.12. The van der Waals surface area contributed by atoms with Crippen molar-refractivity contribution in [2.24, 2.45) is 0 Å². The highest BCUT2D eigenvalue weighted by atomic mass is 16.5. The highest BCUT2D eigenvalue weighted by molar-refractivity contribution is 6.05. The maximum Gasteiger partial charge on any atom is 0.227 e. The van der Waals surface area contributed by atoms with Crippen LogP contribution in [0.4, 0.5) is 17.3 Å². The van der Waals surface area contributed by atoms with E-state index in [1.807, 2.05) is 38.3 Å². The number of methoxy groups -OCH3 is 1. The third kappa shape index (κ3) is 5.44. The van der Waals surface area contributed by atoms with Crippen molar-refractivity contribution in [2.75, 3.05) is 18.2 Å². The Kier molecular flexibility index (Phi) is 8.20. The lowest BCUT2D eigenvalue weighted by molar-refractivity contribution is 0.416. The van der Waals surface area contributed by atoms with E-state index in [1.165, 1.54) is 10.9 Å². The van der Waals surface area contributed by atoms with Crippen molar-refractivity contribution in [3.05, 3.63) is 96.2 Å². The lowest BCUT2D eigenvalue weighted by atomic mass is 9.86. The molecule has 0 aliphatic rings. The number of nitrogens with zero attached hydrogens (tertiary/aromatic N) is 2. The van der Waals surface area contributed by atoms with Crippen molar-refractivity contribution in [3.63, 3.8) is 0 Å². The monoisotopic (exact) mass is 518 g/mol. The molecular formula is C34H38N4O. The zero-order chi connectivity index (χ0) is 28.3. The number of benzene rings is 3. The number of nitrogens with two attached hydrogens (primary N) is 1. The Morgan fingerprint density at radius 3 is 2.54 bits per heavy atom. The molecule has 0 unspecified atom stereocenters. The summed E-state index contributed by atoms with van der Waals surface area (Å²) in [5, 5.41) is 5.73. The minimum Gasteiger partial charge on any atom is -0.495 e. The molecule has 0 atom stereocenters. The molecule has 0 bridgehead atoms. The van der Waals surface area contributed by atoms with Crippen LogP contribution in [0.5, 0.6) is 5.75 Å². The largest absolute Gasteiger partial charge is 0.495 e. The van der Waals surface area contributed by atoms with Gasteiger partial charge in [-0.05, 0) is 89.9 Å². The van der Waals surface area contributed by atoms with Crippen molar-refractivity contribution in [3.8, 4) is 17.0 Å². The normalized spacial score (nSPS) is 10.9. The predicted octanol–water partition coefficient (Wildman–Crippen LogP) is 8.82. The van der Waals surface area contributed by atoms with Crippen LogP contribution in [0, 0.1) is 13.8 Å². The Bertz CT molecular complexity index is 1600. The zero-order valence-corrected chi connectivity index (χ0v) is 23.7. The molecule has 5 nitrogen and oxygen atoms in total. The van der Waals surface area contributed by atoms with Crippen LogP contribution < -0.4 is 15.8 Å². The molecular weight excluding hydrogens is 480 g/mol. The average molecular weight is 519 g/mol. The highest BCUT2D eigenvalue weighted by Gasteiger charge is 2.20. The quantitative estimate of drug-likeness (QED) is 0.162. The number of ether oxygens (including phenoxy) is 1. The van der Waals surface area contributed by atoms with Gasteiger partial charge in [0.25, 0.3) is 0 Å². The number of aryl methyl sites for hydroxylation is 3. The van der Waals surface area contributed by atoms with Gasteiger partial charge >= 0.3 is 0 Å². The average Bonchev–Trinajstić information content (AvgIpc) is 2.92. The molecule has 4 rings (SSSR count). The molecule has 3 aromatic carbocycles. The van der Waals surface area contributed by atoms with Crippen LogP contribution in [0.15, 0.2) is 68.4 Å². The molecule has 0 amide bonds. The first-order chi connectivity index (χ1) is 18.7. The molecule has 0 spiro atoms. The highest BCUT2D eigenvalue weighted by Crippen LogP contribution is 2.41. The van der Waals surface area contributed by atoms with E-state index in [0.29, 0.717) is 23.1 Å². The van der Waals surface area contributed by atoms with Crippen molar-refractivity contribution in [1.29, 1.82) is 0 Å². The van der Waals surface area contributed by atoms with Crippen molar-refractivity contribution in [2.45, 2.75) is 47.0 Å². The number of nitrogens with one attached hydrogen (secondary N) is 1. The molecule has 39 heavy (non-hydrogen) atoms. The smallest absolute Gasteiger partial charge is 0.227 e. The van der Waals surface area contributed by atoms with E-state index >= 15 is 0 Å². The first kappa shape index (κ1) is 27.6. The maximum atomic E-state index is 6.32. The van der Waals surface area contributed by atoms with E-state index < -0.39 is 0 Å². The molecule has 5 heteroatoms. The summed E-state index contributed by atoms with van der Waals surface area (Å²) >= 11 is 0. The number of anilines is 3. The first-order valence-corrected chi connectivity index (χ1v) is 13.3. The fourth-order valence-corrected chi connectivity index (χ4v) is 5.08. The first-order valence-electron chi connectivity index (χ1n) is 13.3. The van der Waals surface area contributed by atoms with Gasteiger partial charge in [-0.2, -0.15) is 0 Å². The Morgan fingerprint density at radius 1 is 1.10 bits per heavy atom. The summed E-state index contributed by atoms with van der Waals surface area (Å²) in [5.41, 5.74) is 16.6. The summed E-state index contributed by atoms with van der Waals surface area (Å²) in [7, 11) is 1.63. The molecule has 0 saturated heterocycles. The van der Waals surface area contributed by atoms with Crippen molar-refractivity contribution < 1.29 is 4.74 Å². The van der Waals surface area contributed by atoms with Crippen LogP contribution in [0.25, 0.3) is 33.2 Å². The SMILES string of the molecule is C=CC(=C)c1c(C)cc2c(CCCC)cccc2c1-c1nc(Nc2cc(N)c(C(=C)C)cc2OC)ncc1C. The number of hydrogen-bond acceptors (Lipinski definition) is 5. The number of allylic oxidation sites excluding steroid dienone is 3. The minimum absolute atomic E-state index is 0.448. The fourth-order valence-electron chi connectivity index (χ4n) is 5.08. The third-order valence-electron chi connectivity index (χ3n) is 7.12. The minimum atomic E-state index is 0.448. The topological polar surface area (TPSA) is 73.1 Å². The number of aromatic nitrogens is 2. The van der Waals surface area contributed by atoms with Gasteiger partial charge in [-0.25, -0.2) is 9.97 Å². The summed E-state index contributed by atoms with van der Waals surface area (Å²) in [6, 6.07) is 12.5. The van der Waals surface area contributed by atoms with Gasteiger partial charge in [-0.3, -0.25) is 0 Å². The van der Waals surface area contributed by atoms with Crippen LogP contribution in [0.1, 0.15) is 54.5 Å². The van der Waals surface area contributed by atoms with E-state index in [1.54, 1.807) is 7.11 Å². The molecule has 1 heterocycles. The summed E-state index contributed by atoms with van der Waals surface area (Å²) in [6.07, 6.45) is 6.98. The maximum absolute atomic E-state index is 6.32. The van der Waals surface area contributed by atoms with Gasteiger partial charge in [0.2, 0.25) is 5.95 Å². The van der Waals surface area contributed by atoms with Crippen LogP contribution in [-0.4, -0.2) is 17.1 Å². The Balaban J connectivity index is 1.94. The summed E-state index contributed by atoms with van der Waals surface area (Å²) in [5.74, 6) is 1.08. The molecule has 0 fully saturated rings. The number of unbranched alkanes of at least 4 members (excludes halogenated alkanes) is 1. The molecule has 0 aliphatic heterocycles. The fraction of sp³-hybridized carbons (Fsp3) is 0.235. The van der Waals surface area contributed by atoms with Gasteiger partial charge in [0, 0.05) is 23.0 Å². The molecule has 200 valence electrons. The number of fused-ring (bicyclic) bond motifs is 1. The van der Waals surface area contributed by atoms with Crippen LogP contribution in [-0.2, 0) is 6.42 Å². The molecule has 0 saturated carbocycles. The number of hydrogen-bond donors (Lipinski definition) is 2. The Hall–Kier alpha value is -4.38. The predicted molar refractivity (Wildman–Crippen MR) is 168 cm³/mol. The number of rotatable bonds is 10. The molecule has 1 aromatic heterocycles. The Labute approximate surface area is 232 Å². The summed E-state index contributed by atoms with van der Waals surface area (Å²) in [4.78, 5) is 9.65. The van der Waals surface area contributed by atoms with E-state index in [0.717, 1.165) is 69.3 Å². The van der Waals surface area contributed by atoms with E-state index in [2.05, 4.69) is 68.2 Å². The van der Waals surface area contributed by atoms with E-state index in [4.69, 9.17) is 15.5 Å². The standard InChI is InChI=1S/C34H38N4O/c1-9-11-13-24-14-12-15-25-27(24)16-22(6)31(21(5)10-2)32(25)33-23(7)19-36-34(38-33)37-29-18-28(35)26(20(3)4)17-30(29)39-8/h10,12,14-19H,2-3,5,9,11,13,35H2,1,4,6-8H3,(H,36,37,38). The summed E-state index contributed by atoms with van der Waals surface area (Å²) < 4.78 is 5.65. The van der Waals surface area contributed by atoms with Gasteiger partial charge < -0.3 is 15.8 Å². The molecule has 4 aromatic rings. The zero-order valence-electron chi connectivity index (χ0n) is 23.7. The van der Waals surface area contributed by atoms with Crippen molar-refractivity contribution in [1.82, 2.24) is 9.97 Å². The molecule has 3 N–H and O–H groups in total. The lowest BCUT2D eigenvalue weighted by Crippen LogP contribution is -2.05. The van der Waals surface area contributed by atoms with Gasteiger partial charge in [-0.1, -0.05) is 63.4 Å².